The van der Waals surface area contributed by atoms with E-state index in [1.54, 1.807) is 33.8 Å². The minimum absolute atomic E-state index is 0.261. The number of pyridine rings is 1. The van der Waals surface area contributed by atoms with E-state index in [9.17, 15) is 13.7 Å². The van der Waals surface area contributed by atoms with Crippen LogP contribution in [0.15, 0.2) is 15.0 Å². The third-order valence-electron chi connectivity index (χ3n) is 7.55. The first-order valence-electron chi connectivity index (χ1n) is 12.4. The highest BCUT2D eigenvalue weighted by Crippen LogP contribution is 2.37. The van der Waals surface area contributed by atoms with Gasteiger partial charge in [-0.3, -0.25) is 0 Å². The van der Waals surface area contributed by atoms with Crippen molar-refractivity contribution in [2.24, 2.45) is 4.36 Å². The van der Waals surface area contributed by atoms with Gasteiger partial charge >= 0.3 is 0 Å². The Hall–Kier alpha value is -0.743. The van der Waals surface area contributed by atoms with Gasteiger partial charge < -0.3 is 0 Å². The van der Waals surface area contributed by atoms with E-state index >= 15 is 8.78 Å². The minimum Gasteiger partial charge on any atom is -0.249 e. The molecule has 0 radical (unpaired) electrons. The van der Waals surface area contributed by atoms with Crippen LogP contribution in [0.4, 0.5) is 8.78 Å². The molecule has 1 aliphatic heterocycles. The molecule has 0 unspecified atom stereocenters. The van der Waals surface area contributed by atoms with Crippen molar-refractivity contribution in [3.63, 3.8) is 0 Å². The summed E-state index contributed by atoms with van der Waals surface area (Å²) in [4.78, 5) is 4.38. The molecular weight excluding hydrogens is 586 g/mol. The molecule has 1 aromatic heterocycles. The van der Waals surface area contributed by atoms with Gasteiger partial charge in [-0.05, 0) is 56.5 Å². The molecule has 2 heterocycles. The van der Waals surface area contributed by atoms with Gasteiger partial charge in [0.25, 0.3) is 0 Å². The van der Waals surface area contributed by atoms with Crippen molar-refractivity contribution in [1.82, 2.24) is 9.71 Å². The highest BCUT2D eigenvalue weighted by Gasteiger charge is 2.49. The number of alkyl halides is 1. The monoisotopic (exact) mass is 624 g/mol. The van der Waals surface area contributed by atoms with Crippen molar-refractivity contribution < 1.29 is 17.2 Å². The summed E-state index contributed by atoms with van der Waals surface area (Å²) < 4.78 is 64.8. The molecule has 1 N–H and O–H groups in total. The second kappa shape index (κ2) is 11.6. The summed E-state index contributed by atoms with van der Waals surface area (Å²) in [5, 5.41) is 10.4. The first-order valence-corrected chi connectivity index (χ1v) is 18.6. The molecule has 12 heteroatoms. The molecule has 0 amide bonds. The lowest BCUT2D eigenvalue weighted by Gasteiger charge is -2.44. The number of hydrogen-bond donors (Lipinski definition) is 1. The third-order valence-corrected chi connectivity index (χ3v) is 18.4. The average molecular weight is 626 g/mol. The predicted octanol–water partition coefficient (Wildman–Crippen LogP) is 5.46. The maximum absolute atomic E-state index is 16.5. The number of hydrogen-bond acceptors (Lipinski definition) is 5. The highest BCUT2D eigenvalue weighted by atomic mass is 79.9. The van der Waals surface area contributed by atoms with Crippen LogP contribution in [-0.4, -0.2) is 49.9 Å². The van der Waals surface area contributed by atoms with Crippen LogP contribution in [0, 0.1) is 17.1 Å². The number of halogens is 3. The van der Waals surface area contributed by atoms with Crippen molar-refractivity contribution >= 4 is 49.9 Å². The summed E-state index contributed by atoms with van der Waals surface area (Å²) >= 11 is 3.40. The largest absolute Gasteiger partial charge is 0.249 e. The molecule has 36 heavy (non-hydrogen) atoms. The summed E-state index contributed by atoms with van der Waals surface area (Å²) in [6, 6.07) is 6.17. The van der Waals surface area contributed by atoms with E-state index < -0.39 is 62.1 Å². The Bertz CT molecular complexity index is 1150. The zero-order valence-corrected chi connectivity index (χ0v) is 26.6. The quantitative estimate of drug-likeness (QED) is 0.276. The molecule has 4 atom stereocenters. The van der Waals surface area contributed by atoms with E-state index in [0.717, 1.165) is 18.1 Å². The van der Waals surface area contributed by atoms with E-state index in [-0.39, 0.29) is 12.2 Å². The van der Waals surface area contributed by atoms with Crippen molar-refractivity contribution in [3.8, 4) is 6.07 Å². The summed E-state index contributed by atoms with van der Waals surface area (Å²) in [6.45, 7) is 11.8. The molecule has 205 valence electrons. The predicted molar refractivity (Wildman–Crippen MR) is 151 cm³/mol. The lowest BCUT2D eigenvalue weighted by Crippen LogP contribution is -2.58. The maximum Gasteiger partial charge on any atom is 0.137 e. The number of nitrogens with one attached hydrogen (secondary N) is 1. The average Bonchev–Trinajstić information content (AvgIpc) is 2.83. The van der Waals surface area contributed by atoms with E-state index in [2.05, 4.69) is 36.1 Å². The second-order valence-electron chi connectivity index (χ2n) is 10.8. The van der Waals surface area contributed by atoms with Gasteiger partial charge in [-0.25, -0.2) is 31.3 Å². The molecule has 1 aliphatic rings. The summed E-state index contributed by atoms with van der Waals surface area (Å²) in [5.41, 5.74) is -2.27. The Kier molecular flexibility index (Phi) is 10.1. The lowest BCUT2D eigenvalue weighted by molar-refractivity contribution is 0.297. The fourth-order valence-electron chi connectivity index (χ4n) is 4.72. The van der Waals surface area contributed by atoms with Crippen LogP contribution in [0.25, 0.3) is 0 Å². The first kappa shape index (κ1) is 31.5. The molecule has 0 aromatic carbocycles. The van der Waals surface area contributed by atoms with E-state index in [1.165, 1.54) is 0 Å². The molecule has 2 rings (SSSR count). The molecule has 0 saturated carbocycles. The van der Waals surface area contributed by atoms with Gasteiger partial charge in [0.15, 0.2) is 0 Å². The molecule has 6 nitrogen and oxygen atoms in total. The zero-order valence-electron chi connectivity index (χ0n) is 22.3. The highest BCUT2D eigenvalue weighted by molar-refractivity contribution is 9.10. The third kappa shape index (κ3) is 5.80. The number of nitriles is 1. The number of rotatable bonds is 10. The smallest absolute Gasteiger partial charge is 0.137 e. The molecular formula is C24H39BrF2N4O2S2Si-. The van der Waals surface area contributed by atoms with Crippen LogP contribution in [0.5, 0.6) is 0 Å². The van der Waals surface area contributed by atoms with Crippen LogP contribution in [0.3, 0.4) is 0 Å². The number of nitrogens with zero attached hydrogens (tertiary/aromatic N) is 3. The van der Waals surface area contributed by atoms with Gasteiger partial charge in [-0.1, -0.05) is 26.8 Å². The lowest BCUT2D eigenvalue weighted by atomic mass is 9.99. The van der Waals surface area contributed by atoms with E-state index in [1.807, 2.05) is 20.8 Å². The van der Waals surface area contributed by atoms with Crippen LogP contribution < -0.4 is 9.91 Å². The Labute approximate surface area is 227 Å². The van der Waals surface area contributed by atoms with Gasteiger partial charge in [0.1, 0.15) is 27.4 Å². The first-order chi connectivity index (χ1) is 16.6. The van der Waals surface area contributed by atoms with Gasteiger partial charge in [-0.15, -0.1) is 13.3 Å². The number of aromatic nitrogens is 1. The molecule has 0 fully saturated rings. The molecule has 0 spiro atoms. The van der Waals surface area contributed by atoms with Gasteiger partial charge in [-0.2, -0.15) is 23.4 Å². The Morgan fingerprint density at radius 1 is 1.31 bits per heavy atom. The van der Waals surface area contributed by atoms with Crippen molar-refractivity contribution in [1.29, 1.82) is 5.26 Å². The minimum atomic E-state index is -3.37. The van der Waals surface area contributed by atoms with Crippen molar-refractivity contribution in [2.45, 2.75) is 94.5 Å². The molecule has 0 aliphatic carbocycles. The normalized spacial score (nSPS) is 25.5. The van der Waals surface area contributed by atoms with Gasteiger partial charge in [0, 0.05) is 6.54 Å². The van der Waals surface area contributed by atoms with Crippen molar-refractivity contribution in [2.75, 3.05) is 19.0 Å². The Morgan fingerprint density at radius 3 is 2.36 bits per heavy atom. The van der Waals surface area contributed by atoms with Gasteiger partial charge in [0.2, 0.25) is 0 Å². The second-order valence-corrected chi connectivity index (χ2v) is 21.5. The van der Waals surface area contributed by atoms with Crippen LogP contribution in [-0.2, 0) is 26.3 Å². The van der Waals surface area contributed by atoms with E-state index in [4.69, 9.17) is 0 Å². The summed E-state index contributed by atoms with van der Waals surface area (Å²) in [7, 11) is -7.52. The maximum atomic E-state index is 16.5. The molecule has 1 aromatic rings. The fraction of sp³-hybridized carbons (Fsp3) is 0.750. The summed E-state index contributed by atoms with van der Waals surface area (Å²) in [5.74, 6) is -1.16. The summed E-state index contributed by atoms with van der Waals surface area (Å²) in [6.07, 6.45) is 0.907. The van der Waals surface area contributed by atoms with Gasteiger partial charge in [0.05, 0.1) is 43.0 Å². The Morgan fingerprint density at radius 2 is 1.89 bits per heavy atom. The van der Waals surface area contributed by atoms with Crippen LogP contribution in [0.2, 0.25) is 18.1 Å². The molecule has 0 saturated heterocycles. The zero-order chi connectivity index (χ0) is 27.6. The van der Waals surface area contributed by atoms with Crippen LogP contribution >= 0.6 is 15.9 Å². The topological polar surface area (TPSA) is 95.2 Å². The Balaban J connectivity index is 2.93. The van der Waals surface area contributed by atoms with E-state index in [0.29, 0.717) is 22.6 Å². The standard InChI is InChI=1S/C24H39BrF2N4O2S2Si/c1-8-36(9-2,10-3)18-14-19(25)30-21(20(18)27)24(15-26,31-34(32)22(4,5)6)17-35(33)23(7,16-28)12-11-13-29-35/h14,31H,8-13,15,17H2,1-7H3/q-1/t23-,24+,34-,35-/m1/s1. The SMILES string of the molecule is CC[Si-](CC)(CC)c1cc(Br)nc([C@](CF)(C[S@]2(=O)=NCCC[C@]2(C)C#N)N[S@](=O)C(C)(C)C)c1F. The van der Waals surface area contributed by atoms with Crippen LogP contribution in [0.1, 0.15) is 67.0 Å². The molecule has 0 bridgehead atoms. The van der Waals surface area contributed by atoms with Crippen molar-refractivity contribution in [3.05, 3.63) is 22.2 Å². The fourth-order valence-corrected chi connectivity index (χ4v) is 12.7.